The number of benzene rings is 1. The minimum atomic E-state index is -0.129. The van der Waals surface area contributed by atoms with Crippen LogP contribution in [0.25, 0.3) is 0 Å². The molecule has 0 spiro atoms. The zero-order valence-corrected chi connectivity index (χ0v) is 11.7. The first-order valence-corrected chi connectivity index (χ1v) is 7.41. The lowest BCUT2D eigenvalue weighted by atomic mass is 9.96. The molecule has 1 atom stereocenters. The van der Waals surface area contributed by atoms with Crippen molar-refractivity contribution < 1.29 is 4.39 Å². The van der Waals surface area contributed by atoms with Gasteiger partial charge in [0.25, 0.3) is 0 Å². The van der Waals surface area contributed by atoms with E-state index in [4.69, 9.17) is 11.6 Å². The first-order chi connectivity index (χ1) is 8.77. The lowest BCUT2D eigenvalue weighted by Crippen LogP contribution is -2.40. The molecule has 0 N–H and O–H groups in total. The van der Waals surface area contributed by atoms with Crippen LogP contribution in [0.15, 0.2) is 18.2 Å². The van der Waals surface area contributed by atoms with Gasteiger partial charge in [0, 0.05) is 18.5 Å². The first-order valence-electron chi connectivity index (χ1n) is 6.88. The molecular weight excluding hydrogens is 249 g/mol. The van der Waals surface area contributed by atoms with E-state index in [1.807, 2.05) is 6.07 Å². The number of nitrogens with zero attached hydrogens (tertiary/aromatic N) is 1. The van der Waals surface area contributed by atoms with Crippen LogP contribution in [-0.4, -0.2) is 12.6 Å². The molecule has 1 aromatic carbocycles. The summed E-state index contributed by atoms with van der Waals surface area (Å²) in [5.41, 5.74) is 1.66. The van der Waals surface area contributed by atoms with Gasteiger partial charge in [-0.25, -0.2) is 4.39 Å². The smallest absolute Gasteiger partial charge is 0.146 e. The largest absolute Gasteiger partial charge is 0.366 e. The Balaban J connectivity index is 2.32. The SMILES string of the molecule is CCCC1CCCCN1c1c(F)cccc1CCl. The van der Waals surface area contributed by atoms with Crippen molar-refractivity contribution in [3.05, 3.63) is 29.6 Å². The summed E-state index contributed by atoms with van der Waals surface area (Å²) in [5.74, 6) is 0.249. The summed E-state index contributed by atoms with van der Waals surface area (Å²) in [4.78, 5) is 2.25. The molecule has 0 radical (unpaired) electrons. The number of rotatable bonds is 4. The molecule has 1 aliphatic heterocycles. The molecule has 0 bridgehead atoms. The molecule has 0 saturated carbocycles. The van der Waals surface area contributed by atoms with Crippen molar-refractivity contribution in [3.8, 4) is 0 Å². The second kappa shape index (κ2) is 6.42. The van der Waals surface area contributed by atoms with Crippen LogP contribution in [0.5, 0.6) is 0 Å². The summed E-state index contributed by atoms with van der Waals surface area (Å²) in [5, 5.41) is 0. The van der Waals surface area contributed by atoms with Gasteiger partial charge >= 0.3 is 0 Å². The quantitative estimate of drug-likeness (QED) is 0.715. The van der Waals surface area contributed by atoms with Gasteiger partial charge in [0.05, 0.1) is 5.69 Å². The Kier molecular flexibility index (Phi) is 4.87. The molecule has 0 aromatic heterocycles. The van der Waals surface area contributed by atoms with Crippen LogP contribution in [0, 0.1) is 5.82 Å². The van der Waals surface area contributed by atoms with Gasteiger partial charge in [-0.3, -0.25) is 0 Å². The fourth-order valence-corrected chi connectivity index (χ4v) is 3.13. The summed E-state index contributed by atoms with van der Waals surface area (Å²) in [6.07, 6.45) is 5.86. The number of piperidine rings is 1. The first kappa shape index (κ1) is 13.7. The maximum absolute atomic E-state index is 14.1. The van der Waals surface area contributed by atoms with Gasteiger partial charge in [0.15, 0.2) is 0 Å². The Morgan fingerprint density at radius 1 is 1.39 bits per heavy atom. The van der Waals surface area contributed by atoms with Crippen LogP contribution in [-0.2, 0) is 5.88 Å². The monoisotopic (exact) mass is 269 g/mol. The zero-order chi connectivity index (χ0) is 13.0. The minimum Gasteiger partial charge on any atom is -0.366 e. The predicted molar refractivity (Wildman–Crippen MR) is 75.9 cm³/mol. The molecule has 1 fully saturated rings. The lowest BCUT2D eigenvalue weighted by molar-refractivity contribution is 0.428. The highest BCUT2D eigenvalue weighted by molar-refractivity contribution is 6.17. The Morgan fingerprint density at radius 2 is 2.22 bits per heavy atom. The third-order valence-electron chi connectivity index (χ3n) is 3.75. The van der Waals surface area contributed by atoms with Crippen LogP contribution in [0.2, 0.25) is 0 Å². The molecule has 1 unspecified atom stereocenters. The zero-order valence-electron chi connectivity index (χ0n) is 11.0. The molecule has 3 heteroatoms. The van der Waals surface area contributed by atoms with E-state index < -0.39 is 0 Å². The Labute approximate surface area is 114 Å². The van der Waals surface area contributed by atoms with Gasteiger partial charge in [0.2, 0.25) is 0 Å². The molecule has 0 amide bonds. The van der Waals surface area contributed by atoms with E-state index in [1.165, 1.54) is 12.8 Å². The van der Waals surface area contributed by atoms with E-state index >= 15 is 0 Å². The van der Waals surface area contributed by atoms with Crippen LogP contribution in [0.3, 0.4) is 0 Å². The van der Waals surface area contributed by atoms with Gasteiger partial charge in [-0.05, 0) is 37.3 Å². The molecule has 1 nitrogen and oxygen atoms in total. The van der Waals surface area contributed by atoms with E-state index in [0.717, 1.165) is 37.1 Å². The fraction of sp³-hybridized carbons (Fsp3) is 0.600. The summed E-state index contributed by atoms with van der Waals surface area (Å²) in [6, 6.07) is 5.70. The van der Waals surface area contributed by atoms with Crippen LogP contribution < -0.4 is 4.90 Å². The second-order valence-corrected chi connectivity index (χ2v) is 5.28. The van der Waals surface area contributed by atoms with E-state index in [1.54, 1.807) is 12.1 Å². The molecule has 100 valence electrons. The highest BCUT2D eigenvalue weighted by Crippen LogP contribution is 2.32. The van der Waals surface area contributed by atoms with Crippen LogP contribution in [0.1, 0.15) is 44.6 Å². The van der Waals surface area contributed by atoms with Crippen molar-refractivity contribution in [2.45, 2.75) is 50.9 Å². The van der Waals surface area contributed by atoms with Crippen molar-refractivity contribution in [1.29, 1.82) is 0 Å². The summed E-state index contributed by atoms with van der Waals surface area (Å²) >= 11 is 5.95. The number of hydrogen-bond acceptors (Lipinski definition) is 1. The third-order valence-corrected chi connectivity index (χ3v) is 4.04. The van der Waals surface area contributed by atoms with E-state index in [0.29, 0.717) is 11.9 Å². The van der Waals surface area contributed by atoms with Crippen LogP contribution in [0.4, 0.5) is 10.1 Å². The van der Waals surface area contributed by atoms with E-state index in [-0.39, 0.29) is 5.82 Å². The maximum Gasteiger partial charge on any atom is 0.146 e. The van der Waals surface area contributed by atoms with Gasteiger partial charge in [-0.2, -0.15) is 0 Å². The molecule has 1 saturated heterocycles. The summed E-state index contributed by atoms with van der Waals surface area (Å²) < 4.78 is 14.1. The topological polar surface area (TPSA) is 3.24 Å². The van der Waals surface area contributed by atoms with E-state index in [2.05, 4.69) is 11.8 Å². The molecule has 0 aliphatic carbocycles. The Morgan fingerprint density at radius 3 is 2.94 bits per heavy atom. The highest BCUT2D eigenvalue weighted by atomic mass is 35.5. The Hall–Kier alpha value is -0.760. The maximum atomic E-state index is 14.1. The highest BCUT2D eigenvalue weighted by Gasteiger charge is 2.25. The van der Waals surface area contributed by atoms with Crippen molar-refractivity contribution in [3.63, 3.8) is 0 Å². The van der Waals surface area contributed by atoms with Crippen molar-refractivity contribution >= 4 is 17.3 Å². The number of alkyl halides is 1. The summed E-state index contributed by atoms with van der Waals surface area (Å²) in [6.45, 7) is 3.14. The summed E-state index contributed by atoms with van der Waals surface area (Å²) in [7, 11) is 0. The van der Waals surface area contributed by atoms with Gasteiger partial charge in [-0.1, -0.05) is 25.5 Å². The Bertz CT molecular complexity index is 392. The number of anilines is 1. The number of hydrogen-bond donors (Lipinski definition) is 0. The van der Waals surface area contributed by atoms with Gasteiger partial charge in [0.1, 0.15) is 5.82 Å². The average molecular weight is 270 g/mol. The fourth-order valence-electron chi connectivity index (χ4n) is 2.92. The molecule has 1 heterocycles. The second-order valence-electron chi connectivity index (χ2n) is 5.01. The van der Waals surface area contributed by atoms with Gasteiger partial charge in [-0.15, -0.1) is 11.6 Å². The predicted octanol–water partition coefficient (Wildman–Crippen LogP) is 4.72. The van der Waals surface area contributed by atoms with E-state index in [9.17, 15) is 4.39 Å². The van der Waals surface area contributed by atoms with Crippen molar-refractivity contribution in [2.75, 3.05) is 11.4 Å². The average Bonchev–Trinajstić information content (AvgIpc) is 2.40. The molecule has 1 aromatic rings. The van der Waals surface area contributed by atoms with Crippen molar-refractivity contribution in [1.82, 2.24) is 0 Å². The number of para-hydroxylation sites is 1. The normalized spacial score (nSPS) is 20.2. The minimum absolute atomic E-state index is 0.129. The molecule has 18 heavy (non-hydrogen) atoms. The third kappa shape index (κ3) is 2.80. The van der Waals surface area contributed by atoms with Gasteiger partial charge < -0.3 is 4.90 Å². The molecule has 1 aliphatic rings. The van der Waals surface area contributed by atoms with Crippen molar-refractivity contribution in [2.24, 2.45) is 0 Å². The number of halogens is 2. The molecular formula is C15H21ClFN. The standard InChI is InChI=1S/C15H21ClFN/c1-2-6-13-8-3-4-10-18(13)15-12(11-16)7-5-9-14(15)17/h5,7,9,13H,2-4,6,8,10-11H2,1H3. The van der Waals surface area contributed by atoms with Crippen LogP contribution >= 0.6 is 11.6 Å². The molecule has 2 rings (SSSR count). The lowest BCUT2D eigenvalue weighted by Gasteiger charge is -2.38.